The van der Waals surface area contributed by atoms with Crippen molar-refractivity contribution in [1.82, 2.24) is 9.55 Å². The van der Waals surface area contributed by atoms with Crippen molar-refractivity contribution in [2.24, 2.45) is 0 Å². The van der Waals surface area contributed by atoms with Gasteiger partial charge in [0.05, 0.1) is 4.90 Å². The standard InChI is InChI=1S/C16H14FN3O2S/c1-12-2-8-15(9-3-12)23(21,22)19-16-18-10-11-20(16)14-6-4-13(17)5-7-14/h2-11H,1H3,(H,18,19). The van der Waals surface area contributed by atoms with E-state index in [0.717, 1.165) is 5.56 Å². The number of aryl methyl sites for hydroxylation is 1. The predicted molar refractivity (Wildman–Crippen MR) is 85.5 cm³/mol. The molecule has 0 spiro atoms. The van der Waals surface area contributed by atoms with Crippen LogP contribution >= 0.6 is 0 Å². The van der Waals surface area contributed by atoms with E-state index >= 15 is 0 Å². The summed E-state index contributed by atoms with van der Waals surface area (Å²) in [6, 6.07) is 12.2. The van der Waals surface area contributed by atoms with Crippen LogP contribution in [-0.4, -0.2) is 18.0 Å². The molecule has 3 aromatic rings. The largest absolute Gasteiger partial charge is 0.285 e. The number of halogens is 1. The average molecular weight is 331 g/mol. The second kappa shape index (κ2) is 5.85. The molecule has 0 saturated heterocycles. The quantitative estimate of drug-likeness (QED) is 0.799. The van der Waals surface area contributed by atoms with Crippen molar-refractivity contribution < 1.29 is 12.8 Å². The Morgan fingerprint density at radius 1 is 1.04 bits per heavy atom. The molecule has 1 heterocycles. The minimum Gasteiger partial charge on any atom is -0.285 e. The highest BCUT2D eigenvalue weighted by atomic mass is 32.2. The number of nitrogens with zero attached hydrogens (tertiary/aromatic N) is 2. The summed E-state index contributed by atoms with van der Waals surface area (Å²) >= 11 is 0. The van der Waals surface area contributed by atoms with Crippen molar-refractivity contribution in [1.29, 1.82) is 0 Å². The molecule has 3 rings (SSSR count). The lowest BCUT2D eigenvalue weighted by atomic mass is 10.2. The Bertz CT molecular complexity index is 917. The zero-order valence-corrected chi connectivity index (χ0v) is 13.1. The number of nitrogens with one attached hydrogen (secondary N) is 1. The first-order chi connectivity index (χ1) is 11.0. The Labute approximate surface area is 133 Å². The third-order valence-electron chi connectivity index (χ3n) is 3.30. The number of benzene rings is 2. The van der Waals surface area contributed by atoms with Gasteiger partial charge in [0.15, 0.2) is 0 Å². The van der Waals surface area contributed by atoms with Crippen LogP contribution in [-0.2, 0) is 10.0 Å². The van der Waals surface area contributed by atoms with Crippen LogP contribution in [0.25, 0.3) is 5.69 Å². The number of rotatable bonds is 4. The molecule has 5 nitrogen and oxygen atoms in total. The fourth-order valence-electron chi connectivity index (χ4n) is 2.09. The lowest BCUT2D eigenvalue weighted by Gasteiger charge is -2.10. The highest BCUT2D eigenvalue weighted by molar-refractivity contribution is 7.92. The summed E-state index contributed by atoms with van der Waals surface area (Å²) in [5.74, 6) is -0.229. The van der Waals surface area contributed by atoms with E-state index in [2.05, 4.69) is 9.71 Å². The fourth-order valence-corrected chi connectivity index (χ4v) is 3.09. The minimum absolute atomic E-state index is 0.136. The number of anilines is 1. The maximum Gasteiger partial charge on any atom is 0.264 e. The van der Waals surface area contributed by atoms with Crippen LogP contribution in [0.2, 0.25) is 0 Å². The lowest BCUT2D eigenvalue weighted by molar-refractivity contribution is 0.600. The van der Waals surface area contributed by atoms with Crippen LogP contribution in [0.3, 0.4) is 0 Å². The van der Waals surface area contributed by atoms with E-state index in [9.17, 15) is 12.8 Å². The summed E-state index contributed by atoms with van der Waals surface area (Å²) in [4.78, 5) is 4.17. The van der Waals surface area contributed by atoms with Crippen LogP contribution in [0, 0.1) is 12.7 Å². The average Bonchev–Trinajstić information content (AvgIpc) is 2.96. The van der Waals surface area contributed by atoms with Gasteiger partial charge in [-0.2, -0.15) is 0 Å². The first kappa shape index (κ1) is 15.2. The fraction of sp³-hybridized carbons (Fsp3) is 0.0625. The first-order valence-electron chi connectivity index (χ1n) is 6.84. The van der Waals surface area contributed by atoms with Gasteiger partial charge >= 0.3 is 0 Å². The molecule has 0 aliphatic carbocycles. The SMILES string of the molecule is Cc1ccc(S(=O)(=O)Nc2nccn2-c2ccc(F)cc2)cc1. The van der Waals surface area contributed by atoms with Crippen molar-refractivity contribution in [3.63, 3.8) is 0 Å². The van der Waals surface area contributed by atoms with Gasteiger partial charge in [-0.05, 0) is 43.3 Å². The lowest BCUT2D eigenvalue weighted by Crippen LogP contribution is -2.16. The Morgan fingerprint density at radius 2 is 1.70 bits per heavy atom. The summed E-state index contributed by atoms with van der Waals surface area (Å²) in [6.45, 7) is 1.88. The molecule has 7 heteroatoms. The maximum atomic E-state index is 13.0. The molecule has 0 aliphatic heterocycles. The topological polar surface area (TPSA) is 64.0 Å². The normalized spacial score (nSPS) is 11.4. The third-order valence-corrected chi connectivity index (χ3v) is 4.65. The zero-order valence-electron chi connectivity index (χ0n) is 12.3. The monoisotopic (exact) mass is 331 g/mol. The highest BCUT2D eigenvalue weighted by Gasteiger charge is 2.17. The van der Waals surface area contributed by atoms with Crippen LogP contribution in [0.15, 0.2) is 65.8 Å². The summed E-state index contributed by atoms with van der Waals surface area (Å²) in [7, 11) is -3.75. The van der Waals surface area contributed by atoms with Crippen molar-refractivity contribution in [3.8, 4) is 5.69 Å². The van der Waals surface area contributed by atoms with Gasteiger partial charge in [-0.25, -0.2) is 22.5 Å². The third kappa shape index (κ3) is 3.24. The van der Waals surface area contributed by atoms with Gasteiger partial charge in [0.25, 0.3) is 10.0 Å². The Kier molecular flexibility index (Phi) is 3.87. The minimum atomic E-state index is -3.75. The second-order valence-electron chi connectivity index (χ2n) is 5.02. The van der Waals surface area contributed by atoms with E-state index in [4.69, 9.17) is 0 Å². The van der Waals surface area contributed by atoms with E-state index in [-0.39, 0.29) is 16.7 Å². The van der Waals surface area contributed by atoms with Crippen molar-refractivity contribution in [3.05, 3.63) is 72.3 Å². The maximum absolute atomic E-state index is 13.0. The molecule has 23 heavy (non-hydrogen) atoms. The Balaban J connectivity index is 1.93. The number of imidazole rings is 1. The summed E-state index contributed by atoms with van der Waals surface area (Å²) in [5.41, 5.74) is 1.57. The number of hydrogen-bond donors (Lipinski definition) is 1. The number of hydrogen-bond acceptors (Lipinski definition) is 3. The second-order valence-corrected chi connectivity index (χ2v) is 6.70. The number of aromatic nitrogens is 2. The van der Waals surface area contributed by atoms with Crippen molar-refractivity contribution in [2.45, 2.75) is 11.8 Å². The van der Waals surface area contributed by atoms with Gasteiger partial charge in [0, 0.05) is 18.1 Å². The molecule has 0 bridgehead atoms. The van der Waals surface area contributed by atoms with Gasteiger partial charge in [-0.15, -0.1) is 0 Å². The van der Waals surface area contributed by atoms with E-state index in [1.165, 1.54) is 35.0 Å². The van der Waals surface area contributed by atoms with Crippen LogP contribution in [0.1, 0.15) is 5.56 Å². The predicted octanol–water partition coefficient (Wildman–Crippen LogP) is 3.12. The molecule has 0 atom stereocenters. The molecule has 2 aromatic carbocycles. The van der Waals surface area contributed by atoms with Gasteiger partial charge in [-0.3, -0.25) is 4.57 Å². The molecule has 0 radical (unpaired) electrons. The van der Waals surface area contributed by atoms with Gasteiger partial charge in [0.2, 0.25) is 5.95 Å². The zero-order chi connectivity index (χ0) is 16.4. The summed E-state index contributed by atoms with van der Waals surface area (Å²) in [5, 5.41) is 0. The molecular weight excluding hydrogens is 317 g/mol. The Hall–Kier alpha value is -2.67. The van der Waals surface area contributed by atoms with Gasteiger partial charge in [-0.1, -0.05) is 17.7 Å². The van der Waals surface area contributed by atoms with Crippen molar-refractivity contribution in [2.75, 3.05) is 4.72 Å². The van der Waals surface area contributed by atoms with Gasteiger partial charge < -0.3 is 0 Å². The molecule has 1 aromatic heterocycles. The summed E-state index contributed by atoms with van der Waals surface area (Å²) in [6.07, 6.45) is 3.07. The Morgan fingerprint density at radius 3 is 2.35 bits per heavy atom. The molecular formula is C16H14FN3O2S. The van der Waals surface area contributed by atoms with E-state index < -0.39 is 10.0 Å². The van der Waals surface area contributed by atoms with Crippen LogP contribution < -0.4 is 4.72 Å². The van der Waals surface area contributed by atoms with Gasteiger partial charge in [0.1, 0.15) is 5.82 Å². The molecule has 118 valence electrons. The van der Waals surface area contributed by atoms with Crippen LogP contribution in [0.4, 0.5) is 10.3 Å². The molecule has 0 aliphatic rings. The van der Waals surface area contributed by atoms with Crippen molar-refractivity contribution >= 4 is 16.0 Å². The highest BCUT2D eigenvalue weighted by Crippen LogP contribution is 2.19. The summed E-state index contributed by atoms with van der Waals surface area (Å²) < 4.78 is 41.8. The van der Waals surface area contributed by atoms with E-state index in [0.29, 0.717) is 5.69 Å². The number of sulfonamides is 1. The first-order valence-corrected chi connectivity index (χ1v) is 8.33. The molecule has 0 amide bonds. The molecule has 0 saturated carbocycles. The smallest absolute Gasteiger partial charge is 0.264 e. The van der Waals surface area contributed by atoms with E-state index in [1.807, 2.05) is 6.92 Å². The molecule has 0 unspecified atom stereocenters. The molecule has 0 fully saturated rings. The van der Waals surface area contributed by atoms with E-state index in [1.54, 1.807) is 30.5 Å². The van der Waals surface area contributed by atoms with Crippen LogP contribution in [0.5, 0.6) is 0 Å². The molecule has 1 N–H and O–H groups in total.